The molecule has 132 valence electrons. The van der Waals surface area contributed by atoms with E-state index in [4.69, 9.17) is 9.47 Å². The summed E-state index contributed by atoms with van der Waals surface area (Å²) in [6.45, 7) is 5.27. The molecule has 2 aromatic rings. The molecule has 1 atom stereocenters. The van der Waals surface area contributed by atoms with E-state index in [1.54, 1.807) is 31.2 Å². The number of carbonyl (C=O) groups excluding carboxylic acids is 2. The van der Waals surface area contributed by atoms with Crippen molar-refractivity contribution >= 4 is 11.8 Å². The number of benzene rings is 2. The van der Waals surface area contributed by atoms with Crippen LogP contribution in [-0.4, -0.2) is 24.5 Å². The van der Waals surface area contributed by atoms with Crippen LogP contribution in [0.4, 0.5) is 0 Å². The minimum Gasteiger partial charge on any atom is -0.484 e. The van der Waals surface area contributed by atoms with Gasteiger partial charge in [-0.15, -0.1) is 0 Å². The monoisotopic (exact) mass is 342 g/mol. The summed E-state index contributed by atoms with van der Waals surface area (Å²) < 4.78 is 10.9. The van der Waals surface area contributed by atoms with E-state index in [1.807, 2.05) is 38.1 Å². The van der Waals surface area contributed by atoms with Gasteiger partial charge < -0.3 is 9.47 Å². The number of hydrogen-bond donors (Lipinski definition) is 2. The predicted octanol–water partition coefficient (Wildman–Crippen LogP) is 2.30. The maximum absolute atomic E-state index is 12.0. The van der Waals surface area contributed by atoms with Crippen molar-refractivity contribution in [1.29, 1.82) is 0 Å². The van der Waals surface area contributed by atoms with Gasteiger partial charge in [0.25, 0.3) is 11.8 Å². The van der Waals surface area contributed by atoms with E-state index in [0.29, 0.717) is 11.5 Å². The smallest absolute Gasteiger partial charge is 0.279 e. The minimum absolute atomic E-state index is 0.198. The first-order chi connectivity index (χ1) is 12.0. The Hall–Kier alpha value is -3.02. The lowest BCUT2D eigenvalue weighted by Crippen LogP contribution is -2.48. The summed E-state index contributed by atoms with van der Waals surface area (Å²) in [5.41, 5.74) is 6.61. The minimum atomic E-state index is -0.754. The molecule has 0 fully saturated rings. The van der Waals surface area contributed by atoms with Crippen LogP contribution in [0.25, 0.3) is 0 Å². The van der Waals surface area contributed by atoms with Crippen LogP contribution in [0.2, 0.25) is 0 Å². The summed E-state index contributed by atoms with van der Waals surface area (Å²) in [5, 5.41) is 0. The molecule has 2 N–H and O–H groups in total. The molecule has 25 heavy (non-hydrogen) atoms. The Morgan fingerprint density at radius 3 is 2.48 bits per heavy atom. The molecule has 1 unspecified atom stereocenters. The van der Waals surface area contributed by atoms with Gasteiger partial charge in [-0.05, 0) is 50.1 Å². The summed E-state index contributed by atoms with van der Waals surface area (Å²) in [4.78, 5) is 23.7. The molecule has 0 spiro atoms. The fraction of sp³-hybridized carbons (Fsp3) is 0.263. The molecule has 0 radical (unpaired) electrons. The standard InChI is InChI=1S/C19H22N2O4/c1-13-9-10-14(2)17(11-13)25-15(3)19(23)21-20-18(22)12-24-16-7-5-4-6-8-16/h4-11,15H,12H2,1-3H3,(H,20,22)(H,21,23). The lowest BCUT2D eigenvalue weighted by atomic mass is 10.1. The molecule has 0 aliphatic heterocycles. The Bertz CT molecular complexity index is 731. The molecule has 2 amide bonds. The van der Waals surface area contributed by atoms with E-state index >= 15 is 0 Å². The molecule has 0 saturated heterocycles. The van der Waals surface area contributed by atoms with Gasteiger partial charge in [0.2, 0.25) is 0 Å². The van der Waals surface area contributed by atoms with Crippen LogP contribution < -0.4 is 20.3 Å². The Labute approximate surface area is 147 Å². The number of aryl methyl sites for hydroxylation is 2. The van der Waals surface area contributed by atoms with Crippen molar-refractivity contribution in [1.82, 2.24) is 10.9 Å². The number of hydrogen-bond acceptors (Lipinski definition) is 4. The Balaban J connectivity index is 1.77. The van der Waals surface area contributed by atoms with Crippen molar-refractivity contribution in [2.45, 2.75) is 26.9 Å². The van der Waals surface area contributed by atoms with Crippen LogP contribution in [0.15, 0.2) is 48.5 Å². The highest BCUT2D eigenvalue weighted by atomic mass is 16.5. The number of amides is 2. The number of carbonyl (C=O) groups is 2. The van der Waals surface area contributed by atoms with E-state index in [0.717, 1.165) is 11.1 Å². The Morgan fingerprint density at radius 1 is 1.04 bits per heavy atom. The van der Waals surface area contributed by atoms with Gasteiger partial charge in [0.15, 0.2) is 12.7 Å². The SMILES string of the molecule is Cc1ccc(C)c(OC(C)C(=O)NNC(=O)COc2ccccc2)c1. The lowest BCUT2D eigenvalue weighted by Gasteiger charge is -2.17. The maximum Gasteiger partial charge on any atom is 0.279 e. The molecular weight excluding hydrogens is 320 g/mol. The zero-order valence-corrected chi connectivity index (χ0v) is 14.5. The molecule has 2 rings (SSSR count). The zero-order valence-electron chi connectivity index (χ0n) is 14.5. The first kappa shape index (κ1) is 18.3. The van der Waals surface area contributed by atoms with Crippen LogP contribution in [0, 0.1) is 13.8 Å². The van der Waals surface area contributed by atoms with Crippen LogP contribution in [0.3, 0.4) is 0 Å². The highest BCUT2D eigenvalue weighted by molar-refractivity contribution is 5.85. The fourth-order valence-corrected chi connectivity index (χ4v) is 2.01. The second kappa shape index (κ2) is 8.73. The molecule has 0 bridgehead atoms. The molecular formula is C19H22N2O4. The molecule has 6 nitrogen and oxygen atoms in total. The van der Waals surface area contributed by atoms with Gasteiger partial charge in [-0.25, -0.2) is 0 Å². The van der Waals surface area contributed by atoms with Crippen molar-refractivity contribution < 1.29 is 19.1 Å². The highest BCUT2D eigenvalue weighted by Gasteiger charge is 2.16. The molecule has 6 heteroatoms. The third-order valence-corrected chi connectivity index (χ3v) is 3.45. The number of ether oxygens (including phenoxy) is 2. The summed E-state index contributed by atoms with van der Waals surface area (Å²) in [7, 11) is 0. The molecule has 0 heterocycles. The summed E-state index contributed by atoms with van der Waals surface area (Å²) in [5.74, 6) is 0.307. The normalized spacial score (nSPS) is 11.3. The zero-order chi connectivity index (χ0) is 18.2. The van der Waals surface area contributed by atoms with Gasteiger partial charge in [0.05, 0.1) is 0 Å². The first-order valence-electron chi connectivity index (χ1n) is 7.96. The van der Waals surface area contributed by atoms with Gasteiger partial charge in [0, 0.05) is 0 Å². The average Bonchev–Trinajstić information content (AvgIpc) is 2.61. The first-order valence-corrected chi connectivity index (χ1v) is 7.96. The second-order valence-corrected chi connectivity index (χ2v) is 5.67. The quantitative estimate of drug-likeness (QED) is 0.790. The highest BCUT2D eigenvalue weighted by Crippen LogP contribution is 2.20. The van der Waals surface area contributed by atoms with Crippen molar-refractivity contribution in [3.8, 4) is 11.5 Å². The van der Waals surface area contributed by atoms with Crippen molar-refractivity contribution in [3.63, 3.8) is 0 Å². The second-order valence-electron chi connectivity index (χ2n) is 5.67. The molecule has 0 aliphatic carbocycles. The Morgan fingerprint density at radius 2 is 1.76 bits per heavy atom. The summed E-state index contributed by atoms with van der Waals surface area (Å²) in [6, 6.07) is 14.7. The third-order valence-electron chi connectivity index (χ3n) is 3.45. The Kier molecular flexibility index (Phi) is 6.39. The average molecular weight is 342 g/mol. The summed E-state index contributed by atoms with van der Waals surface area (Å²) >= 11 is 0. The molecule has 2 aromatic carbocycles. The van der Waals surface area contributed by atoms with E-state index in [-0.39, 0.29) is 6.61 Å². The van der Waals surface area contributed by atoms with Gasteiger partial charge in [0.1, 0.15) is 11.5 Å². The van der Waals surface area contributed by atoms with Crippen molar-refractivity contribution in [2.24, 2.45) is 0 Å². The van der Waals surface area contributed by atoms with Crippen molar-refractivity contribution in [2.75, 3.05) is 6.61 Å². The summed E-state index contributed by atoms with van der Waals surface area (Å²) in [6.07, 6.45) is -0.754. The van der Waals surface area contributed by atoms with E-state index < -0.39 is 17.9 Å². The maximum atomic E-state index is 12.0. The topological polar surface area (TPSA) is 76.7 Å². The van der Waals surface area contributed by atoms with Gasteiger partial charge in [-0.3, -0.25) is 20.4 Å². The number of nitrogens with one attached hydrogen (secondary N) is 2. The molecule has 0 saturated carbocycles. The van der Waals surface area contributed by atoms with E-state index in [1.165, 1.54) is 0 Å². The van der Waals surface area contributed by atoms with E-state index in [9.17, 15) is 9.59 Å². The fourth-order valence-electron chi connectivity index (χ4n) is 2.01. The lowest BCUT2D eigenvalue weighted by molar-refractivity contribution is -0.133. The van der Waals surface area contributed by atoms with Gasteiger partial charge in [-0.2, -0.15) is 0 Å². The third kappa shape index (κ3) is 5.84. The number of hydrazine groups is 1. The molecule has 0 aromatic heterocycles. The largest absolute Gasteiger partial charge is 0.484 e. The predicted molar refractivity (Wildman–Crippen MR) is 94.2 cm³/mol. The molecule has 0 aliphatic rings. The van der Waals surface area contributed by atoms with Crippen molar-refractivity contribution in [3.05, 3.63) is 59.7 Å². The van der Waals surface area contributed by atoms with Crippen LogP contribution in [0.1, 0.15) is 18.1 Å². The van der Waals surface area contributed by atoms with Crippen LogP contribution >= 0.6 is 0 Å². The van der Waals surface area contributed by atoms with Gasteiger partial charge in [-0.1, -0.05) is 30.3 Å². The number of para-hydroxylation sites is 1. The van der Waals surface area contributed by atoms with Gasteiger partial charge >= 0.3 is 0 Å². The van der Waals surface area contributed by atoms with E-state index in [2.05, 4.69) is 10.9 Å². The van der Waals surface area contributed by atoms with Crippen LogP contribution in [0.5, 0.6) is 11.5 Å². The number of rotatable bonds is 6. The van der Waals surface area contributed by atoms with Crippen LogP contribution in [-0.2, 0) is 9.59 Å².